The maximum Gasteiger partial charge on any atom is 0.141 e. The van der Waals surface area contributed by atoms with Crippen LogP contribution in [0, 0.1) is 23.5 Å². The summed E-state index contributed by atoms with van der Waals surface area (Å²) in [6.45, 7) is 0.581. The van der Waals surface area contributed by atoms with Crippen molar-refractivity contribution >= 4 is 27.4 Å². The van der Waals surface area contributed by atoms with Gasteiger partial charge in [-0.1, -0.05) is 11.8 Å². The molecule has 1 aromatic carbocycles. The zero-order chi connectivity index (χ0) is 15.4. The molecule has 0 aliphatic rings. The molecule has 0 aliphatic carbocycles. The molecule has 0 amide bonds. The van der Waals surface area contributed by atoms with Crippen LogP contribution in [0.1, 0.15) is 12.0 Å². The summed E-state index contributed by atoms with van der Waals surface area (Å²) in [6, 6.07) is 5.32. The molecule has 0 radical (unpaired) electrons. The number of nitrogens with zero attached hydrogens (tertiary/aromatic N) is 2. The highest BCUT2D eigenvalue weighted by molar-refractivity contribution is 7.16. The van der Waals surface area contributed by atoms with E-state index in [1.54, 1.807) is 11.3 Å². The molecule has 3 rings (SSSR count). The molecule has 1 N–H and O–H groups in total. The molecule has 0 atom stereocenters. The first kappa shape index (κ1) is 14.4. The van der Waals surface area contributed by atoms with E-state index in [0.717, 1.165) is 22.1 Å². The first-order valence-corrected chi connectivity index (χ1v) is 7.48. The molecule has 0 fully saturated rings. The number of halogens is 2. The molecule has 2 aromatic heterocycles. The van der Waals surface area contributed by atoms with Crippen molar-refractivity contribution in [1.82, 2.24) is 9.97 Å². The van der Waals surface area contributed by atoms with Crippen LogP contribution < -0.4 is 5.32 Å². The highest BCUT2D eigenvalue weighted by Crippen LogP contribution is 2.23. The van der Waals surface area contributed by atoms with Gasteiger partial charge in [-0.2, -0.15) is 0 Å². The molecular weight excluding hydrogens is 304 g/mol. The molecule has 6 heteroatoms. The minimum Gasteiger partial charge on any atom is -0.368 e. The minimum atomic E-state index is -0.642. The van der Waals surface area contributed by atoms with Gasteiger partial charge in [0.2, 0.25) is 0 Å². The normalized spacial score (nSPS) is 10.3. The quantitative estimate of drug-likeness (QED) is 0.590. The van der Waals surface area contributed by atoms with Gasteiger partial charge in [-0.3, -0.25) is 0 Å². The molecule has 0 unspecified atom stereocenters. The second-order valence-corrected chi connectivity index (χ2v) is 5.36. The molecule has 3 aromatic rings. The average molecular weight is 315 g/mol. The van der Waals surface area contributed by atoms with E-state index in [-0.39, 0.29) is 5.56 Å². The van der Waals surface area contributed by atoms with Crippen molar-refractivity contribution in [3.8, 4) is 11.8 Å². The van der Waals surface area contributed by atoms with Crippen molar-refractivity contribution in [1.29, 1.82) is 0 Å². The number of hydrogen-bond donors (Lipinski definition) is 1. The van der Waals surface area contributed by atoms with Crippen LogP contribution in [0.5, 0.6) is 0 Å². The Morgan fingerprint density at radius 2 is 2.09 bits per heavy atom. The Bertz CT molecular complexity index is 864. The number of rotatable bonds is 3. The number of hydrogen-bond acceptors (Lipinski definition) is 4. The summed E-state index contributed by atoms with van der Waals surface area (Å²) in [5, 5.41) is 6.12. The standard InChI is InChI=1S/C16H11F2N3S/c17-12-5-4-11(14(18)9-12)3-1-2-7-19-15-13-6-8-22-16(13)21-10-20-15/h4-6,8-10H,2,7H2,(H,19,20,21). The first-order chi connectivity index (χ1) is 10.7. The van der Waals surface area contributed by atoms with Gasteiger partial charge in [0.1, 0.15) is 28.6 Å². The number of nitrogens with one attached hydrogen (secondary N) is 1. The van der Waals surface area contributed by atoms with Crippen LogP contribution in [-0.2, 0) is 0 Å². The predicted molar refractivity (Wildman–Crippen MR) is 83.8 cm³/mol. The smallest absolute Gasteiger partial charge is 0.141 e. The predicted octanol–water partition coefficient (Wildman–Crippen LogP) is 3.82. The average Bonchev–Trinajstić information content (AvgIpc) is 2.98. The van der Waals surface area contributed by atoms with Gasteiger partial charge in [-0.25, -0.2) is 18.7 Å². The molecule has 2 heterocycles. The molecule has 3 nitrogen and oxygen atoms in total. The summed E-state index contributed by atoms with van der Waals surface area (Å²) in [6.07, 6.45) is 2.03. The van der Waals surface area contributed by atoms with Gasteiger partial charge in [-0.05, 0) is 23.6 Å². The van der Waals surface area contributed by atoms with E-state index < -0.39 is 11.6 Å². The minimum absolute atomic E-state index is 0.198. The summed E-state index contributed by atoms with van der Waals surface area (Å²) < 4.78 is 26.2. The zero-order valence-electron chi connectivity index (χ0n) is 11.4. The van der Waals surface area contributed by atoms with Crippen molar-refractivity contribution in [3.63, 3.8) is 0 Å². The number of aromatic nitrogens is 2. The van der Waals surface area contributed by atoms with E-state index in [9.17, 15) is 8.78 Å². The topological polar surface area (TPSA) is 37.8 Å². The fourth-order valence-corrected chi connectivity index (χ4v) is 2.66. The van der Waals surface area contributed by atoms with Crippen molar-refractivity contribution in [3.05, 3.63) is 53.2 Å². The fourth-order valence-electron chi connectivity index (χ4n) is 1.92. The van der Waals surface area contributed by atoms with E-state index in [0.29, 0.717) is 13.0 Å². The first-order valence-electron chi connectivity index (χ1n) is 6.60. The van der Waals surface area contributed by atoms with Crippen LogP contribution in [0.2, 0.25) is 0 Å². The lowest BCUT2D eigenvalue weighted by Gasteiger charge is -2.03. The van der Waals surface area contributed by atoms with Crippen LogP contribution in [0.4, 0.5) is 14.6 Å². The van der Waals surface area contributed by atoms with Gasteiger partial charge in [0.05, 0.1) is 10.9 Å². The third kappa shape index (κ3) is 3.21. The Hall–Kier alpha value is -2.52. The third-order valence-corrected chi connectivity index (χ3v) is 3.78. The van der Waals surface area contributed by atoms with Gasteiger partial charge in [0, 0.05) is 19.0 Å². The molecule has 0 spiro atoms. The molecule has 0 aliphatic heterocycles. The molecule has 22 heavy (non-hydrogen) atoms. The van der Waals surface area contributed by atoms with Crippen LogP contribution in [0.3, 0.4) is 0 Å². The maximum atomic E-state index is 13.4. The Morgan fingerprint density at radius 1 is 1.18 bits per heavy atom. The largest absolute Gasteiger partial charge is 0.368 e. The van der Waals surface area contributed by atoms with Crippen molar-refractivity contribution in [2.45, 2.75) is 6.42 Å². The van der Waals surface area contributed by atoms with Crippen molar-refractivity contribution in [2.24, 2.45) is 0 Å². The molecule has 0 saturated heterocycles. The molecule has 110 valence electrons. The Labute approximate surface area is 130 Å². The van der Waals surface area contributed by atoms with Gasteiger partial charge in [-0.15, -0.1) is 11.3 Å². The summed E-state index contributed by atoms with van der Waals surface area (Å²) in [4.78, 5) is 9.29. The second-order valence-electron chi connectivity index (χ2n) is 4.46. The number of thiophene rings is 1. The lowest BCUT2D eigenvalue weighted by Crippen LogP contribution is -2.02. The zero-order valence-corrected chi connectivity index (χ0v) is 12.3. The van der Waals surface area contributed by atoms with Gasteiger partial charge >= 0.3 is 0 Å². The van der Waals surface area contributed by atoms with E-state index in [2.05, 4.69) is 27.1 Å². The SMILES string of the molecule is Fc1ccc(C#CCCNc2ncnc3sccc23)c(F)c1. The van der Waals surface area contributed by atoms with Crippen LogP contribution in [0.25, 0.3) is 10.2 Å². The van der Waals surface area contributed by atoms with Gasteiger partial charge < -0.3 is 5.32 Å². The lowest BCUT2D eigenvalue weighted by molar-refractivity contribution is 0.581. The van der Waals surface area contributed by atoms with Gasteiger partial charge in [0.15, 0.2) is 0 Å². The molecule has 0 saturated carbocycles. The Balaban J connectivity index is 1.60. The van der Waals surface area contributed by atoms with E-state index in [1.165, 1.54) is 18.5 Å². The summed E-state index contributed by atoms with van der Waals surface area (Å²) in [5.41, 5.74) is 0.198. The Morgan fingerprint density at radius 3 is 2.95 bits per heavy atom. The summed E-state index contributed by atoms with van der Waals surface area (Å²) in [7, 11) is 0. The highest BCUT2D eigenvalue weighted by atomic mass is 32.1. The number of fused-ring (bicyclic) bond motifs is 1. The monoisotopic (exact) mass is 315 g/mol. The van der Waals surface area contributed by atoms with Gasteiger partial charge in [0.25, 0.3) is 0 Å². The highest BCUT2D eigenvalue weighted by Gasteiger charge is 2.03. The Kier molecular flexibility index (Phi) is 4.26. The van der Waals surface area contributed by atoms with Crippen LogP contribution in [-0.4, -0.2) is 16.5 Å². The van der Waals surface area contributed by atoms with E-state index in [1.807, 2.05) is 11.4 Å². The van der Waals surface area contributed by atoms with Crippen LogP contribution >= 0.6 is 11.3 Å². The number of anilines is 1. The van der Waals surface area contributed by atoms with E-state index >= 15 is 0 Å². The second kappa shape index (κ2) is 6.50. The van der Waals surface area contributed by atoms with Crippen molar-refractivity contribution < 1.29 is 8.78 Å². The van der Waals surface area contributed by atoms with E-state index in [4.69, 9.17) is 0 Å². The summed E-state index contributed by atoms with van der Waals surface area (Å²) >= 11 is 1.55. The molecular formula is C16H11F2N3S. The van der Waals surface area contributed by atoms with Crippen LogP contribution in [0.15, 0.2) is 36.0 Å². The van der Waals surface area contributed by atoms with Crippen molar-refractivity contribution in [2.75, 3.05) is 11.9 Å². The lowest BCUT2D eigenvalue weighted by atomic mass is 10.2. The number of benzene rings is 1. The third-order valence-electron chi connectivity index (χ3n) is 2.96. The maximum absolute atomic E-state index is 13.4. The molecule has 0 bridgehead atoms. The fraction of sp³-hybridized carbons (Fsp3) is 0.125. The summed E-state index contributed by atoms with van der Waals surface area (Å²) in [5.74, 6) is 5.07.